The lowest BCUT2D eigenvalue weighted by Gasteiger charge is -2.16. The van der Waals surface area contributed by atoms with Gasteiger partial charge in [-0.1, -0.05) is 77.4 Å². The van der Waals surface area contributed by atoms with E-state index in [4.69, 9.17) is 10.2 Å². The molecule has 0 aliphatic rings. The van der Waals surface area contributed by atoms with Crippen LogP contribution in [0.15, 0.2) is 12.2 Å². The quantitative estimate of drug-likeness (QED) is 0.108. The molecule has 0 atom stereocenters. The zero-order valence-electron chi connectivity index (χ0n) is 16.9. The predicted molar refractivity (Wildman–Crippen MR) is 104 cm³/mol. The summed E-state index contributed by atoms with van der Waals surface area (Å²) in [7, 11) is 0. The fraction of sp³-hybridized carbons (Fsp3) is 0.857. The Morgan fingerprint density at radius 3 is 1.85 bits per heavy atom. The first-order valence-electron chi connectivity index (χ1n) is 10.5. The highest BCUT2D eigenvalue weighted by Crippen LogP contribution is 2.12. The second-order valence-corrected chi connectivity index (χ2v) is 6.97. The smallest absolute Gasteiger partial charge is 0.341 e. The molecular formula is C21H40O5. The highest BCUT2D eigenvalue weighted by molar-refractivity contribution is 5.68. The molecule has 26 heavy (non-hydrogen) atoms. The van der Waals surface area contributed by atoms with Crippen LogP contribution in [0.1, 0.15) is 110 Å². The van der Waals surface area contributed by atoms with E-state index in [1.54, 1.807) is 0 Å². The summed E-state index contributed by atoms with van der Waals surface area (Å²) < 4.78 is 0. The molecule has 0 aromatic carbocycles. The second kappa shape index (κ2) is 17.5. The number of carbonyl (C=O) groups is 1. The first-order chi connectivity index (χ1) is 12.5. The van der Waals surface area contributed by atoms with Crippen LogP contribution in [0.5, 0.6) is 0 Å². The minimum atomic E-state index is -2.39. The van der Waals surface area contributed by atoms with Crippen molar-refractivity contribution in [1.82, 2.24) is 0 Å². The molecule has 5 heteroatoms. The molecule has 154 valence electrons. The van der Waals surface area contributed by atoms with Crippen LogP contribution in [0.2, 0.25) is 0 Å². The predicted octanol–water partition coefficient (Wildman–Crippen LogP) is 5.55. The molecule has 0 aromatic heterocycles. The van der Waals surface area contributed by atoms with Gasteiger partial charge in [-0.3, -0.25) is 4.89 Å². The molecule has 0 aliphatic carbocycles. The van der Waals surface area contributed by atoms with Crippen LogP contribution in [0.25, 0.3) is 0 Å². The Bertz CT molecular complexity index is 352. The van der Waals surface area contributed by atoms with Crippen molar-refractivity contribution in [3.63, 3.8) is 0 Å². The Labute approximate surface area is 159 Å². The fourth-order valence-corrected chi connectivity index (χ4v) is 2.55. The Balaban J connectivity index is 3.30. The van der Waals surface area contributed by atoms with Crippen molar-refractivity contribution in [3.8, 4) is 0 Å². The molecule has 0 bridgehead atoms. The molecule has 0 saturated carbocycles. The first kappa shape index (κ1) is 25.1. The Hall–Kier alpha value is -0.910. The van der Waals surface area contributed by atoms with Gasteiger partial charge in [0.1, 0.15) is 0 Å². The molecule has 0 aromatic rings. The Kier molecular flexibility index (Phi) is 16.9. The van der Waals surface area contributed by atoms with Gasteiger partial charge in [0.05, 0.1) is 0 Å². The first-order valence-corrected chi connectivity index (χ1v) is 10.5. The van der Waals surface area contributed by atoms with Gasteiger partial charge in [0, 0.05) is 12.8 Å². The van der Waals surface area contributed by atoms with Crippen molar-refractivity contribution in [3.05, 3.63) is 12.2 Å². The summed E-state index contributed by atoms with van der Waals surface area (Å²) in [5, 5.41) is 18.3. The number of hydrogen-bond acceptors (Lipinski definition) is 5. The molecule has 0 radical (unpaired) electrons. The van der Waals surface area contributed by atoms with E-state index in [2.05, 4.69) is 28.9 Å². The topological polar surface area (TPSA) is 76.0 Å². The lowest BCUT2D eigenvalue weighted by atomic mass is 10.1. The van der Waals surface area contributed by atoms with E-state index in [0.29, 0.717) is 0 Å². The van der Waals surface area contributed by atoms with Gasteiger partial charge in [-0.15, -0.1) is 4.89 Å². The molecule has 0 saturated heterocycles. The van der Waals surface area contributed by atoms with E-state index < -0.39 is 11.9 Å². The minimum absolute atomic E-state index is 0.0757. The average Bonchev–Trinajstić information content (AvgIpc) is 2.63. The number of allylic oxidation sites excluding steroid dienone is 2. The molecule has 0 rings (SSSR count). The highest BCUT2D eigenvalue weighted by atomic mass is 17.3. The second-order valence-electron chi connectivity index (χ2n) is 6.97. The average molecular weight is 373 g/mol. The van der Waals surface area contributed by atoms with Crippen LogP contribution in [0.3, 0.4) is 0 Å². The van der Waals surface area contributed by atoms with E-state index in [0.717, 1.165) is 25.7 Å². The molecule has 2 N–H and O–H groups in total. The summed E-state index contributed by atoms with van der Waals surface area (Å²) in [4.78, 5) is 20.0. The molecule has 0 amide bonds. The zero-order valence-corrected chi connectivity index (χ0v) is 16.9. The third-order valence-electron chi connectivity index (χ3n) is 4.37. The van der Waals surface area contributed by atoms with Crippen LogP contribution in [0, 0.1) is 0 Å². The summed E-state index contributed by atoms with van der Waals surface area (Å²) in [6.07, 6.45) is 20.4. The Morgan fingerprint density at radius 1 is 0.808 bits per heavy atom. The number of unbranched alkanes of at least 4 members (excludes halogenated alkanes) is 11. The van der Waals surface area contributed by atoms with Crippen LogP contribution >= 0.6 is 0 Å². The normalized spacial score (nSPS) is 12.0. The van der Waals surface area contributed by atoms with Crippen molar-refractivity contribution >= 4 is 5.97 Å². The largest absolute Gasteiger partial charge is 0.342 e. The molecule has 0 aliphatic heterocycles. The third-order valence-corrected chi connectivity index (χ3v) is 4.37. The third kappa shape index (κ3) is 17.9. The van der Waals surface area contributed by atoms with Gasteiger partial charge in [0.2, 0.25) is 0 Å². The molecular weight excluding hydrogens is 332 g/mol. The van der Waals surface area contributed by atoms with Gasteiger partial charge in [-0.25, -0.2) is 4.79 Å². The highest BCUT2D eigenvalue weighted by Gasteiger charge is 2.24. The van der Waals surface area contributed by atoms with Crippen LogP contribution in [-0.4, -0.2) is 22.2 Å². The van der Waals surface area contributed by atoms with Crippen LogP contribution in [0.4, 0.5) is 0 Å². The summed E-state index contributed by atoms with van der Waals surface area (Å²) >= 11 is 0. The monoisotopic (exact) mass is 372 g/mol. The SMILES string of the molecule is CCCCCCCC/C=C\CCCCCCCC(=O)OOC(O)(O)CC. The summed E-state index contributed by atoms with van der Waals surface area (Å²) in [5.41, 5.74) is 0. The van der Waals surface area contributed by atoms with Crippen LogP contribution < -0.4 is 0 Å². The number of rotatable bonds is 18. The van der Waals surface area contributed by atoms with E-state index in [1.165, 1.54) is 64.7 Å². The van der Waals surface area contributed by atoms with Crippen molar-refractivity contribution in [1.29, 1.82) is 0 Å². The van der Waals surface area contributed by atoms with Crippen molar-refractivity contribution in [2.24, 2.45) is 0 Å². The summed E-state index contributed by atoms with van der Waals surface area (Å²) in [6.45, 7) is 3.76. The molecule has 5 nitrogen and oxygen atoms in total. The van der Waals surface area contributed by atoms with Gasteiger partial charge in [-0.2, -0.15) is 0 Å². The van der Waals surface area contributed by atoms with E-state index in [-0.39, 0.29) is 12.8 Å². The maximum absolute atomic E-state index is 11.4. The van der Waals surface area contributed by atoms with E-state index in [1.807, 2.05) is 0 Å². The number of carbonyl (C=O) groups excluding carboxylic acids is 1. The summed E-state index contributed by atoms with van der Waals surface area (Å²) in [5.74, 6) is -2.96. The van der Waals surface area contributed by atoms with Gasteiger partial charge >= 0.3 is 11.9 Å². The molecule has 0 heterocycles. The van der Waals surface area contributed by atoms with Crippen molar-refractivity contribution in [2.45, 2.75) is 116 Å². The van der Waals surface area contributed by atoms with Gasteiger partial charge in [-0.05, 0) is 32.1 Å². The van der Waals surface area contributed by atoms with E-state index >= 15 is 0 Å². The van der Waals surface area contributed by atoms with Gasteiger partial charge < -0.3 is 10.2 Å². The lowest BCUT2D eigenvalue weighted by molar-refractivity contribution is -0.467. The maximum atomic E-state index is 11.4. The van der Waals surface area contributed by atoms with Crippen molar-refractivity contribution < 1.29 is 24.8 Å². The molecule has 0 fully saturated rings. The number of aliphatic hydroxyl groups is 2. The minimum Gasteiger partial charge on any atom is -0.341 e. The Morgan fingerprint density at radius 2 is 1.31 bits per heavy atom. The van der Waals surface area contributed by atoms with Crippen molar-refractivity contribution in [2.75, 3.05) is 0 Å². The zero-order chi connectivity index (χ0) is 19.5. The maximum Gasteiger partial charge on any atom is 0.342 e. The van der Waals surface area contributed by atoms with Gasteiger partial charge in [0.15, 0.2) is 0 Å². The van der Waals surface area contributed by atoms with E-state index in [9.17, 15) is 4.79 Å². The fourth-order valence-electron chi connectivity index (χ4n) is 2.55. The van der Waals surface area contributed by atoms with Crippen LogP contribution in [-0.2, 0) is 14.6 Å². The van der Waals surface area contributed by atoms with Gasteiger partial charge in [0.25, 0.3) is 0 Å². The molecule has 0 spiro atoms. The summed E-state index contributed by atoms with van der Waals surface area (Å²) in [6, 6.07) is 0. The molecule has 0 unspecified atom stereocenters. The lowest BCUT2D eigenvalue weighted by Crippen LogP contribution is -2.31. The standard InChI is InChI=1S/C21H40O5/c1-3-5-6-7-8-9-10-11-12-13-14-15-16-17-18-19-20(22)25-26-21(23,24)4-2/h11-12,23-24H,3-10,13-19H2,1-2H3/b12-11-. The number of hydrogen-bond donors (Lipinski definition) is 2.